The van der Waals surface area contributed by atoms with Gasteiger partial charge in [0.25, 0.3) is 0 Å². The first kappa shape index (κ1) is 25.1. The van der Waals surface area contributed by atoms with Gasteiger partial charge in [-0.25, -0.2) is 13.6 Å². The maximum atomic E-state index is 11.5. The lowest BCUT2D eigenvalue weighted by molar-refractivity contribution is 0.277. The van der Waals surface area contributed by atoms with Gasteiger partial charge in [0.15, 0.2) is 8.32 Å². The Balaban J connectivity index is 1.87. The number of unbranched alkanes of at least 4 members (excludes halogenated alkanes) is 9. The topological polar surface area (TPSA) is 69.4 Å². The number of nitrogens with two attached hydrogens (primary N) is 1. The van der Waals surface area contributed by atoms with Crippen LogP contribution in [0.1, 0.15) is 104 Å². The van der Waals surface area contributed by atoms with Crippen LogP contribution < -0.4 is 5.14 Å². The zero-order chi connectivity index (χ0) is 20.6. The fourth-order valence-electron chi connectivity index (χ4n) is 3.32. The third-order valence-corrected chi connectivity index (χ3v) is 13.1. The summed E-state index contributed by atoms with van der Waals surface area (Å²) < 4.78 is 28.7. The molecule has 162 valence electrons. The van der Waals surface area contributed by atoms with Crippen molar-refractivity contribution in [3.63, 3.8) is 0 Å². The minimum absolute atomic E-state index is 0.310. The summed E-state index contributed by atoms with van der Waals surface area (Å²) in [6.45, 7) is 12.5. The van der Waals surface area contributed by atoms with Gasteiger partial charge in [-0.3, -0.25) is 0 Å². The molecule has 0 aromatic rings. The predicted octanol–water partition coefficient (Wildman–Crippen LogP) is 6.12. The van der Waals surface area contributed by atoms with Gasteiger partial charge in [0.1, 0.15) is 0 Å². The Bertz CT molecular complexity index is 522. The lowest BCUT2D eigenvalue weighted by Gasteiger charge is -2.36. The molecule has 1 rings (SSSR count). The molecule has 0 unspecified atom stereocenters. The highest BCUT2D eigenvalue weighted by Crippen LogP contribution is 2.46. The van der Waals surface area contributed by atoms with E-state index in [-0.39, 0.29) is 0 Å². The molecule has 0 bridgehead atoms. The molecular formula is C21H45NO3SSi. The highest BCUT2D eigenvalue weighted by atomic mass is 32.2. The summed E-state index contributed by atoms with van der Waals surface area (Å²) in [5.41, 5.74) is 0. The summed E-state index contributed by atoms with van der Waals surface area (Å²) in [6, 6.07) is 0. The molecule has 0 spiro atoms. The highest BCUT2D eigenvalue weighted by molar-refractivity contribution is 7.90. The lowest BCUT2D eigenvalue weighted by atomic mass is 10.0. The number of hydrogen-bond donors (Lipinski definition) is 1. The largest absolute Gasteiger partial charge is 0.417 e. The van der Waals surface area contributed by atoms with Gasteiger partial charge in [0.05, 0.1) is 4.75 Å². The molecule has 0 aromatic carbocycles. The minimum Gasteiger partial charge on any atom is -0.417 e. The Labute approximate surface area is 170 Å². The van der Waals surface area contributed by atoms with Crippen LogP contribution in [0.5, 0.6) is 0 Å². The smallest absolute Gasteiger partial charge is 0.214 e. The fraction of sp³-hybridized carbons (Fsp3) is 1.00. The Hall–Kier alpha value is 0.0869. The van der Waals surface area contributed by atoms with Crippen LogP contribution in [0, 0.1) is 0 Å². The molecule has 0 aromatic heterocycles. The van der Waals surface area contributed by atoms with Gasteiger partial charge < -0.3 is 4.43 Å². The number of sulfonamides is 1. The van der Waals surface area contributed by atoms with E-state index in [9.17, 15) is 8.42 Å². The molecule has 1 fully saturated rings. The van der Waals surface area contributed by atoms with Crippen LogP contribution in [-0.2, 0) is 14.4 Å². The molecule has 4 nitrogen and oxygen atoms in total. The van der Waals surface area contributed by atoms with Crippen molar-refractivity contribution >= 4 is 18.3 Å². The monoisotopic (exact) mass is 419 g/mol. The Morgan fingerprint density at radius 1 is 0.852 bits per heavy atom. The van der Waals surface area contributed by atoms with Gasteiger partial charge in [0, 0.05) is 6.61 Å². The van der Waals surface area contributed by atoms with E-state index in [1.807, 2.05) is 0 Å². The summed E-state index contributed by atoms with van der Waals surface area (Å²) in [5, 5.41) is 5.63. The van der Waals surface area contributed by atoms with Gasteiger partial charge in [-0.2, -0.15) is 0 Å². The summed E-state index contributed by atoms with van der Waals surface area (Å²) in [7, 11) is -4.89. The summed E-state index contributed by atoms with van der Waals surface area (Å²) >= 11 is 0. The molecule has 0 saturated heterocycles. The third-order valence-electron chi connectivity index (χ3n) is 6.71. The van der Waals surface area contributed by atoms with Gasteiger partial charge in [0.2, 0.25) is 10.0 Å². The van der Waals surface area contributed by atoms with Crippen LogP contribution in [0.3, 0.4) is 0 Å². The van der Waals surface area contributed by atoms with E-state index in [0.717, 1.165) is 38.7 Å². The van der Waals surface area contributed by atoms with Gasteiger partial charge in [-0.1, -0.05) is 78.6 Å². The van der Waals surface area contributed by atoms with Crippen LogP contribution in [-0.4, -0.2) is 28.1 Å². The van der Waals surface area contributed by atoms with E-state index in [0.29, 0.717) is 5.04 Å². The normalized spacial score (nSPS) is 17.3. The lowest BCUT2D eigenvalue weighted by Crippen LogP contribution is -2.40. The standard InChI is InChI=1S/C21H45NO3SSi/c1-20(2,3)27(4,5)25-19-15-13-11-9-7-6-8-10-12-14-16-21(17-18-21)26(22,23)24/h6-19H2,1-5H3,(H2,22,23,24). The molecule has 1 aliphatic carbocycles. The quantitative estimate of drug-likeness (QED) is 0.257. The molecule has 0 amide bonds. The first-order valence-corrected chi connectivity index (χ1v) is 15.5. The van der Waals surface area contributed by atoms with Crippen molar-refractivity contribution in [2.75, 3.05) is 6.61 Å². The van der Waals surface area contributed by atoms with Gasteiger partial charge >= 0.3 is 0 Å². The Morgan fingerprint density at radius 3 is 1.63 bits per heavy atom. The van der Waals surface area contributed by atoms with Crippen LogP contribution in [0.15, 0.2) is 0 Å². The molecule has 0 atom stereocenters. The molecule has 1 saturated carbocycles. The summed E-state index contributed by atoms with van der Waals surface area (Å²) in [4.78, 5) is 0. The molecule has 6 heteroatoms. The third kappa shape index (κ3) is 8.97. The average Bonchev–Trinajstić information content (AvgIpc) is 3.31. The second-order valence-electron chi connectivity index (χ2n) is 10.1. The summed E-state index contributed by atoms with van der Waals surface area (Å²) in [5.74, 6) is 0. The fourth-order valence-corrected chi connectivity index (χ4v) is 5.51. The zero-order valence-corrected chi connectivity index (χ0v) is 20.4. The summed E-state index contributed by atoms with van der Waals surface area (Å²) in [6.07, 6.45) is 14.7. The van der Waals surface area contributed by atoms with E-state index in [4.69, 9.17) is 9.56 Å². The van der Waals surface area contributed by atoms with Crippen molar-refractivity contribution in [2.24, 2.45) is 5.14 Å². The first-order chi connectivity index (χ1) is 12.4. The SMILES string of the molecule is CC(C)(C)[Si](C)(C)OCCCCCCCCCCCCC1(S(N)(=O)=O)CC1. The molecule has 27 heavy (non-hydrogen) atoms. The number of hydrogen-bond acceptors (Lipinski definition) is 3. The second-order valence-corrected chi connectivity index (χ2v) is 16.9. The molecule has 0 heterocycles. The predicted molar refractivity (Wildman–Crippen MR) is 119 cm³/mol. The molecular weight excluding hydrogens is 374 g/mol. The minimum atomic E-state index is -3.33. The molecule has 1 aliphatic rings. The molecule has 0 aliphatic heterocycles. The van der Waals surface area contributed by atoms with Crippen molar-refractivity contribution in [1.82, 2.24) is 0 Å². The zero-order valence-electron chi connectivity index (χ0n) is 18.6. The first-order valence-electron chi connectivity index (χ1n) is 11.1. The van der Waals surface area contributed by atoms with Crippen molar-refractivity contribution in [3.8, 4) is 0 Å². The van der Waals surface area contributed by atoms with Crippen LogP contribution in [0.25, 0.3) is 0 Å². The number of primary sulfonamides is 1. The van der Waals surface area contributed by atoms with E-state index in [2.05, 4.69) is 33.9 Å². The van der Waals surface area contributed by atoms with Crippen molar-refractivity contribution in [1.29, 1.82) is 0 Å². The van der Waals surface area contributed by atoms with Crippen LogP contribution in [0.2, 0.25) is 18.1 Å². The van der Waals surface area contributed by atoms with Crippen molar-refractivity contribution < 1.29 is 12.8 Å². The van der Waals surface area contributed by atoms with Crippen LogP contribution in [0.4, 0.5) is 0 Å². The highest BCUT2D eigenvalue weighted by Gasteiger charge is 2.51. The van der Waals surface area contributed by atoms with Crippen molar-refractivity contribution in [2.45, 2.75) is 127 Å². The van der Waals surface area contributed by atoms with E-state index >= 15 is 0 Å². The van der Waals surface area contributed by atoms with Gasteiger partial charge in [-0.15, -0.1) is 0 Å². The van der Waals surface area contributed by atoms with Crippen molar-refractivity contribution in [3.05, 3.63) is 0 Å². The maximum Gasteiger partial charge on any atom is 0.214 e. The number of rotatable bonds is 15. The molecule has 0 radical (unpaired) electrons. The molecule has 2 N–H and O–H groups in total. The average molecular weight is 420 g/mol. The Kier molecular flexibility index (Phi) is 10.00. The van der Waals surface area contributed by atoms with E-state index in [1.54, 1.807) is 0 Å². The van der Waals surface area contributed by atoms with E-state index < -0.39 is 23.1 Å². The van der Waals surface area contributed by atoms with Crippen LogP contribution >= 0.6 is 0 Å². The van der Waals surface area contributed by atoms with Gasteiger partial charge in [-0.05, 0) is 43.8 Å². The Morgan fingerprint density at radius 2 is 1.26 bits per heavy atom. The van der Waals surface area contributed by atoms with E-state index in [1.165, 1.54) is 51.4 Å². The second kappa shape index (κ2) is 10.7. The maximum absolute atomic E-state index is 11.5.